The minimum Gasteiger partial charge on any atom is -0.496 e. The second-order valence-corrected chi connectivity index (χ2v) is 5.55. The second kappa shape index (κ2) is 8.38. The van der Waals surface area contributed by atoms with Crippen molar-refractivity contribution in [3.8, 4) is 5.75 Å². The van der Waals surface area contributed by atoms with Gasteiger partial charge in [-0.05, 0) is 12.0 Å². The maximum Gasteiger partial charge on any atom is 0.242 e. The Bertz CT molecular complexity index is 517. The van der Waals surface area contributed by atoms with Gasteiger partial charge in [-0.25, -0.2) is 0 Å². The third kappa shape index (κ3) is 5.04. The van der Waals surface area contributed by atoms with Crippen molar-refractivity contribution in [3.63, 3.8) is 0 Å². The number of benzene rings is 1. The van der Waals surface area contributed by atoms with Gasteiger partial charge < -0.3 is 20.7 Å². The first-order valence-electron chi connectivity index (χ1n) is 7.26. The Hall–Kier alpha value is -2.08. The van der Waals surface area contributed by atoms with Crippen LogP contribution in [0.1, 0.15) is 19.4 Å². The van der Waals surface area contributed by atoms with Crippen molar-refractivity contribution in [2.45, 2.75) is 26.4 Å². The third-order valence-corrected chi connectivity index (χ3v) is 3.46. The van der Waals surface area contributed by atoms with Crippen LogP contribution in [-0.2, 0) is 16.1 Å². The van der Waals surface area contributed by atoms with Gasteiger partial charge in [0, 0.05) is 19.2 Å². The van der Waals surface area contributed by atoms with Gasteiger partial charge in [0.15, 0.2) is 0 Å². The van der Waals surface area contributed by atoms with E-state index >= 15 is 0 Å². The highest BCUT2D eigenvalue weighted by molar-refractivity contribution is 5.87. The Labute approximate surface area is 131 Å². The van der Waals surface area contributed by atoms with Gasteiger partial charge in [-0.15, -0.1) is 0 Å². The van der Waals surface area contributed by atoms with E-state index in [-0.39, 0.29) is 24.3 Å². The number of ether oxygens (including phenoxy) is 1. The topological polar surface area (TPSA) is 84.7 Å². The number of amides is 2. The van der Waals surface area contributed by atoms with Gasteiger partial charge in [-0.3, -0.25) is 9.59 Å². The summed E-state index contributed by atoms with van der Waals surface area (Å²) in [6.07, 6.45) is 0. The SMILES string of the molecule is COc1ccccc1CN(C)C(=O)CNC(=O)[C@@H](N)C(C)C. The predicted molar refractivity (Wildman–Crippen MR) is 85.3 cm³/mol. The molecule has 2 amide bonds. The molecule has 122 valence electrons. The van der Waals surface area contributed by atoms with Crippen LogP contribution in [-0.4, -0.2) is 43.5 Å². The van der Waals surface area contributed by atoms with Crippen molar-refractivity contribution in [2.24, 2.45) is 11.7 Å². The Balaban J connectivity index is 2.54. The number of para-hydroxylation sites is 1. The summed E-state index contributed by atoms with van der Waals surface area (Å²) < 4.78 is 5.26. The lowest BCUT2D eigenvalue weighted by atomic mass is 10.1. The molecular formula is C16H25N3O3. The summed E-state index contributed by atoms with van der Waals surface area (Å²) in [4.78, 5) is 25.4. The van der Waals surface area contributed by atoms with Gasteiger partial charge >= 0.3 is 0 Å². The van der Waals surface area contributed by atoms with E-state index in [1.165, 1.54) is 0 Å². The molecule has 6 nitrogen and oxygen atoms in total. The largest absolute Gasteiger partial charge is 0.496 e. The molecule has 3 N–H and O–H groups in total. The van der Waals surface area contributed by atoms with Crippen molar-refractivity contribution in [1.82, 2.24) is 10.2 Å². The molecule has 0 radical (unpaired) electrons. The number of rotatable bonds is 7. The number of nitrogens with zero attached hydrogens (tertiary/aromatic N) is 1. The zero-order valence-electron chi connectivity index (χ0n) is 13.6. The molecule has 0 aromatic heterocycles. The van der Waals surface area contributed by atoms with E-state index < -0.39 is 6.04 Å². The molecule has 0 saturated carbocycles. The van der Waals surface area contributed by atoms with Crippen LogP contribution in [0.5, 0.6) is 5.75 Å². The van der Waals surface area contributed by atoms with Gasteiger partial charge in [-0.2, -0.15) is 0 Å². The standard InChI is InChI=1S/C16H25N3O3/c1-11(2)15(17)16(21)18-9-14(20)19(3)10-12-7-5-6-8-13(12)22-4/h5-8,11,15H,9-10,17H2,1-4H3,(H,18,21)/t15-/m0/s1. The fourth-order valence-corrected chi connectivity index (χ4v) is 1.90. The lowest BCUT2D eigenvalue weighted by Crippen LogP contribution is -2.47. The maximum atomic E-state index is 12.1. The molecule has 1 aromatic carbocycles. The van der Waals surface area contributed by atoms with Gasteiger partial charge in [0.2, 0.25) is 11.8 Å². The van der Waals surface area contributed by atoms with Crippen LogP contribution in [0, 0.1) is 5.92 Å². The molecule has 22 heavy (non-hydrogen) atoms. The van der Waals surface area contributed by atoms with E-state index in [9.17, 15) is 9.59 Å². The average Bonchev–Trinajstić information content (AvgIpc) is 2.51. The minimum absolute atomic E-state index is 0.0291. The highest BCUT2D eigenvalue weighted by Gasteiger charge is 2.19. The van der Waals surface area contributed by atoms with E-state index in [4.69, 9.17) is 10.5 Å². The Morgan fingerprint density at radius 3 is 2.55 bits per heavy atom. The molecule has 0 aliphatic carbocycles. The van der Waals surface area contributed by atoms with Crippen LogP contribution < -0.4 is 15.8 Å². The molecule has 0 fully saturated rings. The number of carbonyl (C=O) groups is 2. The summed E-state index contributed by atoms with van der Waals surface area (Å²) >= 11 is 0. The third-order valence-electron chi connectivity index (χ3n) is 3.46. The number of nitrogens with two attached hydrogens (primary N) is 1. The Morgan fingerprint density at radius 2 is 1.95 bits per heavy atom. The number of nitrogens with one attached hydrogen (secondary N) is 1. The molecule has 0 aliphatic rings. The fourth-order valence-electron chi connectivity index (χ4n) is 1.90. The summed E-state index contributed by atoms with van der Waals surface area (Å²) in [5, 5.41) is 2.57. The molecule has 0 bridgehead atoms. The van der Waals surface area contributed by atoms with Crippen molar-refractivity contribution < 1.29 is 14.3 Å². The highest BCUT2D eigenvalue weighted by atomic mass is 16.5. The van der Waals surface area contributed by atoms with Crippen LogP contribution in [0.25, 0.3) is 0 Å². The number of hydrogen-bond donors (Lipinski definition) is 2. The summed E-state index contributed by atoms with van der Waals surface area (Å²) in [5.41, 5.74) is 6.64. The molecule has 6 heteroatoms. The molecule has 0 saturated heterocycles. The number of carbonyl (C=O) groups excluding carboxylic acids is 2. The molecule has 1 aromatic rings. The summed E-state index contributed by atoms with van der Waals surface area (Å²) in [5.74, 6) is 0.263. The molecule has 0 spiro atoms. The van der Waals surface area contributed by atoms with Gasteiger partial charge in [0.25, 0.3) is 0 Å². The molecule has 1 rings (SSSR count). The van der Waals surface area contributed by atoms with Gasteiger partial charge in [0.1, 0.15) is 5.75 Å². The number of hydrogen-bond acceptors (Lipinski definition) is 4. The smallest absolute Gasteiger partial charge is 0.242 e. The van der Waals surface area contributed by atoms with E-state index in [0.29, 0.717) is 6.54 Å². The molecule has 0 unspecified atom stereocenters. The van der Waals surface area contributed by atoms with Crippen LogP contribution in [0.4, 0.5) is 0 Å². The minimum atomic E-state index is -0.604. The summed E-state index contributed by atoms with van der Waals surface area (Å²) in [6, 6.07) is 6.90. The number of methoxy groups -OCH3 is 1. The van der Waals surface area contributed by atoms with E-state index in [0.717, 1.165) is 11.3 Å². The first-order valence-corrected chi connectivity index (χ1v) is 7.26. The Kier molecular flexibility index (Phi) is 6.85. The normalized spacial score (nSPS) is 11.9. The maximum absolute atomic E-state index is 12.1. The zero-order valence-corrected chi connectivity index (χ0v) is 13.6. The highest BCUT2D eigenvalue weighted by Crippen LogP contribution is 2.18. The molecule has 0 heterocycles. The van der Waals surface area contributed by atoms with Gasteiger partial charge in [0.05, 0.1) is 19.7 Å². The van der Waals surface area contributed by atoms with Crippen molar-refractivity contribution in [3.05, 3.63) is 29.8 Å². The van der Waals surface area contributed by atoms with E-state index in [1.807, 2.05) is 38.1 Å². The molecule has 0 aliphatic heterocycles. The van der Waals surface area contributed by atoms with Crippen LogP contribution >= 0.6 is 0 Å². The second-order valence-electron chi connectivity index (χ2n) is 5.55. The predicted octanol–water partition coefficient (Wildman–Crippen LogP) is 0.753. The quantitative estimate of drug-likeness (QED) is 0.778. The van der Waals surface area contributed by atoms with Crippen molar-refractivity contribution in [2.75, 3.05) is 20.7 Å². The van der Waals surface area contributed by atoms with Crippen molar-refractivity contribution >= 4 is 11.8 Å². The molecular weight excluding hydrogens is 282 g/mol. The summed E-state index contributed by atoms with van der Waals surface area (Å²) in [6.45, 7) is 4.07. The van der Waals surface area contributed by atoms with E-state index in [2.05, 4.69) is 5.32 Å². The Morgan fingerprint density at radius 1 is 1.32 bits per heavy atom. The lowest BCUT2D eigenvalue weighted by molar-refractivity contribution is -0.132. The molecule has 1 atom stereocenters. The summed E-state index contributed by atoms with van der Waals surface area (Å²) in [7, 11) is 3.28. The van der Waals surface area contributed by atoms with Crippen LogP contribution in [0.15, 0.2) is 24.3 Å². The first-order chi connectivity index (χ1) is 10.4. The van der Waals surface area contributed by atoms with Crippen LogP contribution in [0.3, 0.4) is 0 Å². The van der Waals surface area contributed by atoms with Crippen LogP contribution in [0.2, 0.25) is 0 Å². The van der Waals surface area contributed by atoms with Crippen molar-refractivity contribution in [1.29, 1.82) is 0 Å². The number of likely N-dealkylation sites (N-methyl/N-ethyl adjacent to an activating group) is 1. The monoisotopic (exact) mass is 307 g/mol. The van der Waals surface area contributed by atoms with E-state index in [1.54, 1.807) is 19.1 Å². The average molecular weight is 307 g/mol. The van der Waals surface area contributed by atoms with Gasteiger partial charge in [-0.1, -0.05) is 32.0 Å². The lowest BCUT2D eigenvalue weighted by Gasteiger charge is -2.20. The zero-order chi connectivity index (χ0) is 16.7. The first kappa shape index (κ1) is 18.0. The fraction of sp³-hybridized carbons (Fsp3) is 0.500.